The Labute approximate surface area is 111 Å². The van der Waals surface area contributed by atoms with Crippen LogP contribution in [0.25, 0.3) is 0 Å². The Kier molecular flexibility index (Phi) is 2.99. The molecule has 1 saturated carbocycles. The number of nitrogens with zero attached hydrogens (tertiary/aromatic N) is 2. The highest BCUT2D eigenvalue weighted by Gasteiger charge is 2.45. The van der Waals surface area contributed by atoms with E-state index in [1.165, 1.54) is 0 Å². The third-order valence-electron chi connectivity index (χ3n) is 3.76. The van der Waals surface area contributed by atoms with Gasteiger partial charge in [0.25, 0.3) is 0 Å². The number of benzene rings is 1. The van der Waals surface area contributed by atoms with E-state index in [0.717, 1.165) is 24.8 Å². The summed E-state index contributed by atoms with van der Waals surface area (Å²) in [7, 11) is 0. The van der Waals surface area contributed by atoms with Crippen molar-refractivity contribution in [2.45, 2.75) is 24.7 Å². The van der Waals surface area contributed by atoms with Crippen LogP contribution in [0, 0.1) is 0 Å². The fraction of sp³-hybridized carbons (Fsp3) is 0.267. The number of hydrogen-bond donors (Lipinski definition) is 1. The van der Waals surface area contributed by atoms with Crippen molar-refractivity contribution >= 4 is 11.9 Å². The topological polar surface area (TPSA) is 54.9 Å². The predicted octanol–water partition coefficient (Wildman–Crippen LogP) is 2.54. The summed E-state index contributed by atoms with van der Waals surface area (Å²) in [6.07, 6.45) is 6.10. The summed E-state index contributed by atoms with van der Waals surface area (Å²) in [4.78, 5) is 20.6. The number of anilines is 1. The van der Waals surface area contributed by atoms with E-state index in [0.29, 0.717) is 5.95 Å². The molecule has 4 heteroatoms. The predicted molar refractivity (Wildman–Crippen MR) is 72.6 cm³/mol. The van der Waals surface area contributed by atoms with Crippen LogP contribution in [-0.2, 0) is 10.2 Å². The number of rotatable bonds is 3. The quantitative estimate of drug-likeness (QED) is 0.914. The van der Waals surface area contributed by atoms with Crippen molar-refractivity contribution in [1.29, 1.82) is 0 Å². The average Bonchev–Trinajstić information content (AvgIpc) is 2.40. The summed E-state index contributed by atoms with van der Waals surface area (Å²) >= 11 is 0. The van der Waals surface area contributed by atoms with Crippen molar-refractivity contribution in [2.75, 3.05) is 5.32 Å². The van der Waals surface area contributed by atoms with Gasteiger partial charge in [0.1, 0.15) is 0 Å². The minimum Gasteiger partial charge on any atom is -0.294 e. The zero-order chi connectivity index (χ0) is 13.1. The smallest absolute Gasteiger partial charge is 0.237 e. The van der Waals surface area contributed by atoms with E-state index >= 15 is 0 Å². The normalized spacial score (nSPS) is 16.4. The maximum Gasteiger partial charge on any atom is 0.237 e. The highest BCUT2D eigenvalue weighted by molar-refractivity contribution is 5.98. The van der Waals surface area contributed by atoms with E-state index < -0.39 is 5.41 Å². The summed E-state index contributed by atoms with van der Waals surface area (Å²) in [6, 6.07) is 11.7. The van der Waals surface area contributed by atoms with E-state index in [9.17, 15) is 4.79 Å². The van der Waals surface area contributed by atoms with Gasteiger partial charge in [-0.25, -0.2) is 9.97 Å². The van der Waals surface area contributed by atoms with Crippen LogP contribution in [0.2, 0.25) is 0 Å². The Hall–Kier alpha value is -2.23. The third-order valence-corrected chi connectivity index (χ3v) is 3.76. The largest absolute Gasteiger partial charge is 0.294 e. The molecule has 1 fully saturated rings. The van der Waals surface area contributed by atoms with E-state index in [-0.39, 0.29) is 5.91 Å². The first-order valence-corrected chi connectivity index (χ1v) is 6.45. The molecule has 19 heavy (non-hydrogen) atoms. The lowest BCUT2D eigenvalue weighted by atomic mass is 9.64. The molecule has 0 aliphatic heterocycles. The van der Waals surface area contributed by atoms with Crippen LogP contribution in [0.15, 0.2) is 48.8 Å². The molecule has 3 rings (SSSR count). The molecule has 1 N–H and O–H groups in total. The van der Waals surface area contributed by atoms with Crippen LogP contribution in [0.3, 0.4) is 0 Å². The lowest BCUT2D eigenvalue weighted by Gasteiger charge is -2.40. The number of aromatic nitrogens is 2. The van der Waals surface area contributed by atoms with Gasteiger partial charge in [-0.1, -0.05) is 36.8 Å². The Morgan fingerprint density at radius 2 is 1.74 bits per heavy atom. The summed E-state index contributed by atoms with van der Waals surface area (Å²) in [5.74, 6) is 0.367. The SMILES string of the molecule is O=C(Nc1ncccn1)C1(c2ccccc2)CCC1. The van der Waals surface area contributed by atoms with Crippen molar-refractivity contribution in [3.63, 3.8) is 0 Å². The van der Waals surface area contributed by atoms with Crippen LogP contribution in [-0.4, -0.2) is 15.9 Å². The summed E-state index contributed by atoms with van der Waals surface area (Å²) in [6.45, 7) is 0. The van der Waals surface area contributed by atoms with Crippen LogP contribution in [0.4, 0.5) is 5.95 Å². The number of nitrogens with one attached hydrogen (secondary N) is 1. The second kappa shape index (κ2) is 4.80. The van der Waals surface area contributed by atoms with Gasteiger partial charge < -0.3 is 0 Å². The number of carbonyl (C=O) groups is 1. The molecule has 0 radical (unpaired) electrons. The monoisotopic (exact) mass is 253 g/mol. The molecule has 0 bridgehead atoms. The molecular formula is C15H15N3O. The van der Waals surface area contributed by atoms with Gasteiger partial charge in [-0.2, -0.15) is 0 Å². The van der Waals surface area contributed by atoms with E-state index in [4.69, 9.17) is 0 Å². The van der Waals surface area contributed by atoms with Crippen LogP contribution >= 0.6 is 0 Å². The molecule has 1 aliphatic rings. The molecule has 0 atom stereocenters. The standard InChI is InChI=1S/C15H15N3O/c19-13(18-14-16-10-5-11-17-14)15(8-4-9-15)12-6-2-1-3-7-12/h1-3,5-7,10-11H,4,8-9H2,(H,16,17,18,19). The first kappa shape index (κ1) is 11.8. The van der Waals surface area contributed by atoms with Crippen molar-refractivity contribution in [2.24, 2.45) is 0 Å². The summed E-state index contributed by atoms with van der Waals surface area (Å²) < 4.78 is 0. The molecule has 1 aromatic carbocycles. The highest BCUT2D eigenvalue weighted by atomic mass is 16.2. The Bertz CT molecular complexity index is 564. The van der Waals surface area contributed by atoms with Gasteiger partial charge >= 0.3 is 0 Å². The molecule has 2 aromatic rings. The molecule has 0 saturated heterocycles. The molecule has 0 spiro atoms. The number of hydrogen-bond acceptors (Lipinski definition) is 3. The minimum atomic E-state index is -0.402. The number of amides is 1. The van der Waals surface area contributed by atoms with Gasteiger partial charge in [0.15, 0.2) is 0 Å². The highest BCUT2D eigenvalue weighted by Crippen LogP contribution is 2.44. The Morgan fingerprint density at radius 1 is 1.05 bits per heavy atom. The molecule has 0 unspecified atom stereocenters. The van der Waals surface area contributed by atoms with E-state index in [2.05, 4.69) is 15.3 Å². The Morgan fingerprint density at radius 3 is 2.32 bits per heavy atom. The zero-order valence-corrected chi connectivity index (χ0v) is 10.5. The van der Waals surface area contributed by atoms with Crippen molar-refractivity contribution < 1.29 is 4.79 Å². The lowest BCUT2D eigenvalue weighted by molar-refractivity contribution is -0.124. The van der Waals surface area contributed by atoms with Gasteiger partial charge in [0, 0.05) is 12.4 Å². The number of carbonyl (C=O) groups excluding carboxylic acids is 1. The third kappa shape index (κ3) is 2.10. The molecule has 1 aliphatic carbocycles. The van der Waals surface area contributed by atoms with E-state index in [1.54, 1.807) is 18.5 Å². The molecule has 1 heterocycles. The lowest BCUT2D eigenvalue weighted by Crippen LogP contribution is -2.46. The van der Waals surface area contributed by atoms with Crippen molar-refractivity contribution in [3.05, 3.63) is 54.4 Å². The van der Waals surface area contributed by atoms with Gasteiger partial charge in [-0.15, -0.1) is 0 Å². The zero-order valence-electron chi connectivity index (χ0n) is 10.5. The Balaban J connectivity index is 1.85. The van der Waals surface area contributed by atoms with Crippen molar-refractivity contribution in [3.8, 4) is 0 Å². The second-order valence-electron chi connectivity index (χ2n) is 4.83. The van der Waals surface area contributed by atoms with Gasteiger partial charge in [-0.05, 0) is 24.5 Å². The second-order valence-corrected chi connectivity index (χ2v) is 4.83. The van der Waals surface area contributed by atoms with Crippen LogP contribution in [0.1, 0.15) is 24.8 Å². The minimum absolute atomic E-state index is 0.00356. The maximum absolute atomic E-state index is 12.5. The molecule has 4 nitrogen and oxygen atoms in total. The maximum atomic E-state index is 12.5. The first-order valence-electron chi connectivity index (χ1n) is 6.45. The van der Waals surface area contributed by atoms with Crippen LogP contribution < -0.4 is 5.32 Å². The summed E-state index contributed by atoms with van der Waals surface area (Å²) in [5, 5.41) is 2.82. The van der Waals surface area contributed by atoms with Gasteiger partial charge in [0.2, 0.25) is 11.9 Å². The fourth-order valence-corrected chi connectivity index (χ4v) is 2.52. The fourth-order valence-electron chi connectivity index (χ4n) is 2.52. The molecule has 1 aromatic heterocycles. The first-order chi connectivity index (χ1) is 9.31. The van der Waals surface area contributed by atoms with Gasteiger partial charge in [-0.3, -0.25) is 10.1 Å². The van der Waals surface area contributed by atoms with E-state index in [1.807, 2.05) is 30.3 Å². The molecular weight excluding hydrogens is 238 g/mol. The van der Waals surface area contributed by atoms with Crippen LogP contribution in [0.5, 0.6) is 0 Å². The average molecular weight is 253 g/mol. The van der Waals surface area contributed by atoms with Crippen molar-refractivity contribution in [1.82, 2.24) is 9.97 Å². The van der Waals surface area contributed by atoms with Gasteiger partial charge in [0.05, 0.1) is 5.41 Å². The molecule has 96 valence electrons. The summed E-state index contributed by atoms with van der Waals surface area (Å²) in [5.41, 5.74) is 0.676. The molecule has 1 amide bonds.